The van der Waals surface area contributed by atoms with Crippen LogP contribution in [0.4, 0.5) is 9.18 Å². The Morgan fingerprint density at radius 3 is 2.56 bits per heavy atom. The fraction of sp³-hybridized carbons (Fsp3) is 0.321. The molecule has 2 fully saturated rings. The fourth-order valence-electron chi connectivity index (χ4n) is 4.60. The van der Waals surface area contributed by atoms with Crippen LogP contribution < -0.4 is 14.8 Å². The largest absolute Gasteiger partial charge is 0.490 e. The van der Waals surface area contributed by atoms with Gasteiger partial charge in [0, 0.05) is 17.2 Å². The topological polar surface area (TPSA) is 84.9 Å². The van der Waals surface area contributed by atoms with Crippen molar-refractivity contribution in [3.63, 3.8) is 0 Å². The van der Waals surface area contributed by atoms with Crippen LogP contribution >= 0.6 is 0 Å². The number of allylic oxidation sites excluding steroid dienone is 1. The highest BCUT2D eigenvalue weighted by Crippen LogP contribution is 2.36. The highest BCUT2D eigenvalue weighted by molar-refractivity contribution is 6.31. The van der Waals surface area contributed by atoms with Crippen LogP contribution in [-0.2, 0) is 22.6 Å². The van der Waals surface area contributed by atoms with E-state index >= 15 is 0 Å². The fourth-order valence-corrected chi connectivity index (χ4v) is 4.60. The summed E-state index contributed by atoms with van der Waals surface area (Å²) in [5.74, 6) is -0.872. The normalized spacial score (nSPS) is 17.4. The molecule has 0 spiro atoms. The van der Waals surface area contributed by atoms with Gasteiger partial charge >= 0.3 is 6.03 Å². The number of ether oxygens (including phenoxy) is 2. The molecule has 1 heterocycles. The van der Waals surface area contributed by atoms with Gasteiger partial charge in [-0.2, -0.15) is 0 Å². The second-order valence-electron chi connectivity index (χ2n) is 8.74. The summed E-state index contributed by atoms with van der Waals surface area (Å²) in [6.07, 6.45) is 6.89. The molecule has 0 atom stereocenters. The van der Waals surface area contributed by atoms with Gasteiger partial charge in [-0.3, -0.25) is 19.8 Å². The SMILES string of the molecule is C=CCc1cc(/C=C2\C(=O)NC(=O)N(C3CCCC3)C2=O)cc(OCC)c1OCc1ccccc1F. The number of amides is 4. The van der Waals surface area contributed by atoms with Crippen molar-refractivity contribution in [2.75, 3.05) is 6.61 Å². The van der Waals surface area contributed by atoms with Gasteiger partial charge in [0.15, 0.2) is 11.5 Å². The van der Waals surface area contributed by atoms with E-state index in [4.69, 9.17) is 9.47 Å². The van der Waals surface area contributed by atoms with E-state index in [1.807, 2.05) is 6.92 Å². The average molecular weight is 493 g/mol. The number of carbonyl (C=O) groups excluding carboxylic acids is 3. The molecule has 4 amide bonds. The van der Waals surface area contributed by atoms with Crippen molar-refractivity contribution in [2.24, 2.45) is 0 Å². The lowest BCUT2D eigenvalue weighted by Crippen LogP contribution is -2.57. The Labute approximate surface area is 209 Å². The minimum Gasteiger partial charge on any atom is -0.490 e. The molecule has 1 N–H and O–H groups in total. The smallest absolute Gasteiger partial charge is 0.331 e. The Balaban J connectivity index is 1.69. The molecule has 1 saturated carbocycles. The molecule has 0 unspecified atom stereocenters. The third-order valence-electron chi connectivity index (χ3n) is 6.28. The first-order valence-corrected chi connectivity index (χ1v) is 12.1. The number of imide groups is 2. The predicted molar refractivity (Wildman–Crippen MR) is 133 cm³/mol. The van der Waals surface area contributed by atoms with E-state index in [1.54, 1.807) is 36.4 Å². The number of hydrogen-bond donors (Lipinski definition) is 1. The standard InChI is InChI=1S/C28H29FN2O5/c1-3-9-19-14-18(15-22-26(32)30-28(34)31(27(22)33)21-11-6-7-12-21)16-24(35-4-2)25(19)36-17-20-10-5-8-13-23(20)29/h3,5,8,10,13-16,21H,1,4,6-7,9,11-12,17H2,2H3,(H,30,32,34)/b22-15+. The lowest BCUT2D eigenvalue weighted by atomic mass is 10.0. The van der Waals surface area contributed by atoms with Crippen LogP contribution in [0, 0.1) is 5.82 Å². The number of hydrogen-bond acceptors (Lipinski definition) is 5. The first-order chi connectivity index (χ1) is 17.4. The number of barbiturate groups is 1. The maximum atomic E-state index is 14.1. The Morgan fingerprint density at radius 2 is 1.86 bits per heavy atom. The highest BCUT2D eigenvalue weighted by atomic mass is 19.1. The van der Waals surface area contributed by atoms with Crippen LogP contribution in [0.25, 0.3) is 6.08 Å². The number of carbonyl (C=O) groups is 3. The molecule has 2 aromatic rings. The minimum atomic E-state index is -0.734. The van der Waals surface area contributed by atoms with E-state index < -0.39 is 17.8 Å². The zero-order chi connectivity index (χ0) is 25.7. The van der Waals surface area contributed by atoms with E-state index in [2.05, 4.69) is 11.9 Å². The van der Waals surface area contributed by atoms with Gasteiger partial charge in [-0.15, -0.1) is 6.58 Å². The molecular weight excluding hydrogens is 463 g/mol. The third kappa shape index (κ3) is 5.32. The lowest BCUT2D eigenvalue weighted by molar-refractivity contribution is -0.131. The third-order valence-corrected chi connectivity index (χ3v) is 6.28. The summed E-state index contributed by atoms with van der Waals surface area (Å²) in [4.78, 5) is 39.4. The molecule has 2 aromatic carbocycles. The zero-order valence-corrected chi connectivity index (χ0v) is 20.2. The predicted octanol–water partition coefficient (Wildman–Crippen LogP) is 4.94. The summed E-state index contributed by atoms with van der Waals surface area (Å²) in [7, 11) is 0. The first kappa shape index (κ1) is 25.2. The number of benzene rings is 2. The second kappa shape index (κ2) is 11.2. The van der Waals surface area contributed by atoms with Gasteiger partial charge < -0.3 is 9.47 Å². The molecule has 0 radical (unpaired) electrons. The maximum Gasteiger partial charge on any atom is 0.331 e. The highest BCUT2D eigenvalue weighted by Gasteiger charge is 2.40. The van der Waals surface area contributed by atoms with Crippen molar-refractivity contribution < 1.29 is 28.2 Å². The Morgan fingerprint density at radius 1 is 1.11 bits per heavy atom. The number of nitrogens with zero attached hydrogens (tertiary/aromatic N) is 1. The van der Waals surface area contributed by atoms with Gasteiger partial charge in [-0.25, -0.2) is 9.18 Å². The summed E-state index contributed by atoms with van der Waals surface area (Å²) in [6, 6.07) is 8.91. The van der Waals surface area contributed by atoms with Crippen LogP contribution in [-0.4, -0.2) is 35.4 Å². The second-order valence-corrected chi connectivity index (χ2v) is 8.74. The van der Waals surface area contributed by atoms with Crippen LogP contribution in [0.5, 0.6) is 11.5 Å². The van der Waals surface area contributed by atoms with Crippen molar-refractivity contribution in [1.29, 1.82) is 0 Å². The molecule has 2 aliphatic rings. The van der Waals surface area contributed by atoms with Crippen LogP contribution in [0.1, 0.15) is 49.3 Å². The van der Waals surface area contributed by atoms with Gasteiger partial charge in [0.05, 0.1) is 6.61 Å². The monoisotopic (exact) mass is 492 g/mol. The molecule has 0 aromatic heterocycles. The van der Waals surface area contributed by atoms with E-state index in [0.29, 0.717) is 41.2 Å². The molecule has 1 aliphatic carbocycles. The van der Waals surface area contributed by atoms with E-state index in [0.717, 1.165) is 25.7 Å². The van der Waals surface area contributed by atoms with Crippen molar-refractivity contribution in [3.8, 4) is 11.5 Å². The lowest BCUT2D eigenvalue weighted by Gasteiger charge is -2.31. The Kier molecular flexibility index (Phi) is 7.83. The summed E-state index contributed by atoms with van der Waals surface area (Å²) in [6.45, 7) is 5.96. The van der Waals surface area contributed by atoms with Gasteiger partial charge in [0.25, 0.3) is 11.8 Å². The number of nitrogens with one attached hydrogen (secondary N) is 1. The summed E-state index contributed by atoms with van der Waals surface area (Å²) in [5.41, 5.74) is 1.52. The molecule has 1 saturated heterocycles. The maximum absolute atomic E-state index is 14.1. The molecule has 7 nitrogen and oxygen atoms in total. The molecule has 0 bridgehead atoms. The molecule has 188 valence electrons. The number of halogens is 1. The van der Waals surface area contributed by atoms with Crippen molar-refractivity contribution in [1.82, 2.24) is 10.2 Å². The Hall–Kier alpha value is -3.94. The molecular formula is C28H29FN2O5. The zero-order valence-electron chi connectivity index (χ0n) is 20.2. The molecule has 4 rings (SSSR count). The van der Waals surface area contributed by atoms with Crippen molar-refractivity contribution in [3.05, 3.63) is 77.1 Å². The van der Waals surface area contributed by atoms with Crippen LogP contribution in [0.3, 0.4) is 0 Å². The van der Waals surface area contributed by atoms with Crippen molar-refractivity contribution >= 4 is 23.9 Å². The summed E-state index contributed by atoms with van der Waals surface area (Å²) in [5, 5.41) is 2.29. The van der Waals surface area contributed by atoms with Gasteiger partial charge in [-0.05, 0) is 56.0 Å². The summed E-state index contributed by atoms with van der Waals surface area (Å²) >= 11 is 0. The van der Waals surface area contributed by atoms with Crippen LogP contribution in [0.15, 0.2) is 54.6 Å². The van der Waals surface area contributed by atoms with E-state index in [9.17, 15) is 18.8 Å². The summed E-state index contributed by atoms with van der Waals surface area (Å²) < 4.78 is 25.9. The quantitative estimate of drug-likeness (QED) is 0.305. The minimum absolute atomic E-state index is 0.00330. The van der Waals surface area contributed by atoms with E-state index in [-0.39, 0.29) is 24.0 Å². The number of rotatable bonds is 9. The van der Waals surface area contributed by atoms with Crippen molar-refractivity contribution in [2.45, 2.75) is 51.7 Å². The first-order valence-electron chi connectivity index (χ1n) is 12.1. The van der Waals surface area contributed by atoms with E-state index in [1.165, 1.54) is 17.0 Å². The molecule has 1 aliphatic heterocycles. The Bertz CT molecular complexity index is 1220. The average Bonchev–Trinajstić information content (AvgIpc) is 3.37. The van der Waals surface area contributed by atoms with Gasteiger partial charge in [0.2, 0.25) is 0 Å². The molecule has 8 heteroatoms. The molecule has 36 heavy (non-hydrogen) atoms. The van der Waals surface area contributed by atoms with Crippen LogP contribution in [0.2, 0.25) is 0 Å². The van der Waals surface area contributed by atoms with Gasteiger partial charge in [-0.1, -0.05) is 37.1 Å². The van der Waals surface area contributed by atoms with Gasteiger partial charge in [0.1, 0.15) is 18.0 Å². The number of urea groups is 1.